The summed E-state index contributed by atoms with van der Waals surface area (Å²) in [5.74, 6) is -1.23. The minimum atomic E-state index is -4.55. The molecule has 2 N–H and O–H groups in total. The molecule has 2 heterocycles. The summed E-state index contributed by atoms with van der Waals surface area (Å²) >= 11 is 0. The average Bonchev–Trinajstić information content (AvgIpc) is 2.41. The molecule has 21 heavy (non-hydrogen) atoms. The van der Waals surface area contributed by atoms with Gasteiger partial charge in [0.15, 0.2) is 0 Å². The second-order valence-electron chi connectivity index (χ2n) is 4.56. The Labute approximate surface area is 118 Å². The fraction of sp³-hybridized carbons (Fsp3) is 0.417. The second-order valence-corrected chi connectivity index (χ2v) is 4.56. The van der Waals surface area contributed by atoms with Gasteiger partial charge in [-0.05, 0) is 19.1 Å². The number of carbonyl (C=O) groups excluding carboxylic acids is 2. The highest BCUT2D eigenvalue weighted by molar-refractivity contribution is 6.04. The molecule has 1 atom stereocenters. The summed E-state index contributed by atoms with van der Waals surface area (Å²) in [5, 5.41) is 4.65. The molecule has 1 saturated heterocycles. The molecule has 1 aromatic rings. The van der Waals surface area contributed by atoms with E-state index in [9.17, 15) is 22.8 Å². The second kappa shape index (κ2) is 5.23. The van der Waals surface area contributed by atoms with E-state index in [0.717, 1.165) is 12.1 Å². The highest BCUT2D eigenvalue weighted by atomic mass is 19.4. The van der Waals surface area contributed by atoms with Crippen LogP contribution in [0.15, 0.2) is 12.1 Å². The minimum Gasteiger partial charge on any atom is -0.373 e. The first-order valence-corrected chi connectivity index (χ1v) is 6.09. The summed E-state index contributed by atoms with van der Waals surface area (Å²) in [7, 11) is 1.43. The normalized spacial score (nSPS) is 19.5. The summed E-state index contributed by atoms with van der Waals surface area (Å²) in [5.41, 5.74) is -0.900. The topological polar surface area (TPSA) is 74.3 Å². The van der Waals surface area contributed by atoms with Gasteiger partial charge in [-0.15, -0.1) is 0 Å². The summed E-state index contributed by atoms with van der Waals surface area (Å²) in [4.78, 5) is 28.2. The molecule has 0 bridgehead atoms. The molecule has 9 heteroatoms. The van der Waals surface area contributed by atoms with Crippen molar-refractivity contribution in [2.75, 3.05) is 23.8 Å². The van der Waals surface area contributed by atoms with Crippen molar-refractivity contribution in [1.82, 2.24) is 10.3 Å². The number of pyridine rings is 1. The zero-order valence-electron chi connectivity index (χ0n) is 11.3. The molecule has 1 aliphatic heterocycles. The van der Waals surface area contributed by atoms with Crippen LogP contribution in [0.5, 0.6) is 0 Å². The van der Waals surface area contributed by atoms with Crippen LogP contribution < -0.4 is 15.5 Å². The van der Waals surface area contributed by atoms with E-state index in [2.05, 4.69) is 15.6 Å². The molecule has 1 aliphatic rings. The fourth-order valence-corrected chi connectivity index (χ4v) is 1.95. The first kappa shape index (κ1) is 15.1. The van der Waals surface area contributed by atoms with Gasteiger partial charge in [-0.2, -0.15) is 13.2 Å². The van der Waals surface area contributed by atoms with E-state index in [-0.39, 0.29) is 18.2 Å². The van der Waals surface area contributed by atoms with Gasteiger partial charge in [-0.3, -0.25) is 14.9 Å². The lowest BCUT2D eigenvalue weighted by Crippen LogP contribution is -2.57. The van der Waals surface area contributed by atoms with Gasteiger partial charge in [-0.1, -0.05) is 0 Å². The molecule has 1 aromatic heterocycles. The van der Waals surface area contributed by atoms with E-state index in [1.54, 1.807) is 0 Å². The lowest BCUT2D eigenvalue weighted by atomic mass is 10.1. The van der Waals surface area contributed by atoms with Crippen molar-refractivity contribution < 1.29 is 22.8 Å². The molecule has 0 radical (unpaired) electrons. The number of hydrogen-bond donors (Lipinski definition) is 2. The predicted molar refractivity (Wildman–Crippen MR) is 68.7 cm³/mol. The summed E-state index contributed by atoms with van der Waals surface area (Å²) < 4.78 is 38.6. The van der Waals surface area contributed by atoms with Gasteiger partial charge in [0.2, 0.25) is 11.8 Å². The molecule has 114 valence electrons. The lowest BCUT2D eigenvalue weighted by Gasteiger charge is -2.33. The summed E-state index contributed by atoms with van der Waals surface area (Å²) in [6, 6.07) is 0.895. The first-order chi connectivity index (χ1) is 9.72. The van der Waals surface area contributed by atoms with Crippen molar-refractivity contribution in [3.8, 4) is 0 Å². The molecule has 6 nitrogen and oxygen atoms in total. The molecule has 2 amide bonds. The first-order valence-electron chi connectivity index (χ1n) is 6.09. The third-order valence-electron chi connectivity index (χ3n) is 3.11. The van der Waals surface area contributed by atoms with Crippen molar-refractivity contribution in [3.63, 3.8) is 0 Å². The monoisotopic (exact) mass is 302 g/mol. The van der Waals surface area contributed by atoms with Gasteiger partial charge in [0.25, 0.3) is 0 Å². The maximum atomic E-state index is 12.9. The van der Waals surface area contributed by atoms with E-state index >= 15 is 0 Å². The highest BCUT2D eigenvalue weighted by Gasteiger charge is 2.35. The smallest absolute Gasteiger partial charge is 0.373 e. The number of amides is 2. The Bertz CT molecular complexity index is 588. The van der Waals surface area contributed by atoms with Gasteiger partial charge in [0.05, 0.1) is 12.1 Å². The zero-order chi connectivity index (χ0) is 15.8. The van der Waals surface area contributed by atoms with Crippen LogP contribution in [0, 0.1) is 0 Å². The highest BCUT2D eigenvalue weighted by Crippen LogP contribution is 2.33. The van der Waals surface area contributed by atoms with Gasteiger partial charge >= 0.3 is 6.18 Å². The number of rotatable bonds is 2. The fourth-order valence-electron chi connectivity index (χ4n) is 1.95. The Morgan fingerprint density at radius 2 is 2.05 bits per heavy atom. The van der Waals surface area contributed by atoms with Crippen molar-refractivity contribution in [2.45, 2.75) is 19.1 Å². The van der Waals surface area contributed by atoms with E-state index < -0.39 is 29.6 Å². The van der Waals surface area contributed by atoms with Crippen LogP contribution in [0.4, 0.5) is 24.8 Å². The number of aromatic nitrogens is 1. The van der Waals surface area contributed by atoms with Gasteiger partial charge in [0.1, 0.15) is 17.7 Å². The van der Waals surface area contributed by atoms with Crippen LogP contribution in [-0.2, 0) is 15.8 Å². The molecule has 0 aliphatic carbocycles. The van der Waals surface area contributed by atoms with E-state index in [1.165, 1.54) is 18.9 Å². The summed E-state index contributed by atoms with van der Waals surface area (Å²) in [6.45, 7) is 1.26. The van der Waals surface area contributed by atoms with Crippen LogP contribution >= 0.6 is 0 Å². The maximum Gasteiger partial charge on any atom is 0.416 e. The molecule has 2 rings (SSSR count). The molecule has 0 spiro atoms. The molecule has 0 saturated carbocycles. The number of nitrogens with zero attached hydrogens (tertiary/aromatic N) is 2. The average molecular weight is 302 g/mol. The number of halogens is 3. The van der Waals surface area contributed by atoms with Crippen molar-refractivity contribution >= 4 is 23.5 Å². The number of carbonyl (C=O) groups is 2. The van der Waals surface area contributed by atoms with Crippen LogP contribution in [0.3, 0.4) is 0 Å². The van der Waals surface area contributed by atoms with Crippen LogP contribution in [0.2, 0.25) is 0 Å². The van der Waals surface area contributed by atoms with Gasteiger partial charge < -0.3 is 10.2 Å². The van der Waals surface area contributed by atoms with Crippen molar-refractivity contribution in [3.05, 3.63) is 17.7 Å². The van der Waals surface area contributed by atoms with Gasteiger partial charge in [0, 0.05) is 7.05 Å². The standard InChI is InChI=1S/C12H13F3N4O2/c1-6-11(21)18-10(20)5-19(6)9-4-7(12(13,14)15)3-8(16-2)17-9/h3-4,6H,5H2,1-2H3,(H,16,17)(H,18,20,21). The molecule has 1 unspecified atom stereocenters. The lowest BCUT2D eigenvalue weighted by molar-refractivity contribution is -0.137. The number of alkyl halides is 3. The molecule has 1 fully saturated rings. The third-order valence-corrected chi connectivity index (χ3v) is 3.11. The molecule has 0 aromatic carbocycles. The molecular weight excluding hydrogens is 289 g/mol. The molecular formula is C12H13F3N4O2. The Hall–Kier alpha value is -2.32. The SMILES string of the molecule is CNc1cc(C(F)(F)F)cc(N2CC(=O)NC(=O)C2C)n1. The zero-order valence-corrected chi connectivity index (χ0v) is 11.3. The van der Waals surface area contributed by atoms with Crippen LogP contribution in [0.25, 0.3) is 0 Å². The maximum absolute atomic E-state index is 12.9. The number of hydrogen-bond acceptors (Lipinski definition) is 5. The van der Waals surface area contributed by atoms with Crippen LogP contribution in [-0.4, -0.2) is 36.4 Å². The van der Waals surface area contributed by atoms with Crippen molar-refractivity contribution in [1.29, 1.82) is 0 Å². The van der Waals surface area contributed by atoms with E-state index in [0.29, 0.717) is 0 Å². The Morgan fingerprint density at radius 3 is 2.62 bits per heavy atom. The van der Waals surface area contributed by atoms with Crippen molar-refractivity contribution in [2.24, 2.45) is 0 Å². The third kappa shape index (κ3) is 3.06. The summed E-state index contributed by atoms with van der Waals surface area (Å²) in [6.07, 6.45) is -4.55. The minimum absolute atomic E-state index is 0.00505. The largest absolute Gasteiger partial charge is 0.416 e. The predicted octanol–water partition coefficient (Wildman–Crippen LogP) is 0.993. The van der Waals surface area contributed by atoms with E-state index in [4.69, 9.17) is 0 Å². The number of imide groups is 1. The quantitative estimate of drug-likeness (QED) is 0.797. The Balaban J connectivity index is 2.47. The Kier molecular flexibility index (Phi) is 3.75. The number of piperazine rings is 1. The van der Waals surface area contributed by atoms with Gasteiger partial charge in [-0.25, -0.2) is 4.98 Å². The number of anilines is 2. The van der Waals surface area contributed by atoms with Crippen LogP contribution in [0.1, 0.15) is 12.5 Å². The Morgan fingerprint density at radius 1 is 1.38 bits per heavy atom. The van der Waals surface area contributed by atoms with E-state index in [1.807, 2.05) is 0 Å². The number of nitrogens with one attached hydrogen (secondary N) is 2.